The van der Waals surface area contributed by atoms with Gasteiger partial charge in [0.2, 0.25) is 6.29 Å². The van der Waals surface area contributed by atoms with E-state index in [2.05, 4.69) is 40.7 Å². The van der Waals surface area contributed by atoms with Gasteiger partial charge in [0.1, 0.15) is 24.4 Å². The van der Waals surface area contributed by atoms with E-state index in [1.807, 2.05) is 13.8 Å². The summed E-state index contributed by atoms with van der Waals surface area (Å²) in [5.41, 5.74) is -2.44. The van der Waals surface area contributed by atoms with Gasteiger partial charge in [-0.2, -0.15) is 0 Å². The number of aliphatic hydroxyl groups is 7. The maximum Gasteiger partial charge on any atom is 0.315 e. The van der Waals surface area contributed by atoms with E-state index in [-0.39, 0.29) is 34.0 Å². The summed E-state index contributed by atoms with van der Waals surface area (Å²) < 4.78 is 11.5. The van der Waals surface area contributed by atoms with Crippen LogP contribution in [0.15, 0.2) is 11.6 Å². The monoisotopic (exact) mass is 650 g/mol. The molecule has 0 aromatic carbocycles. The van der Waals surface area contributed by atoms with Crippen molar-refractivity contribution in [3.8, 4) is 0 Å². The first-order chi connectivity index (χ1) is 21.2. The van der Waals surface area contributed by atoms with Gasteiger partial charge in [-0.15, -0.1) is 0 Å². The summed E-state index contributed by atoms with van der Waals surface area (Å²) >= 11 is 0. The maximum atomic E-state index is 14.5. The molecule has 6 rings (SSSR count). The molecule has 1 heterocycles. The number of ether oxygens (including phenoxy) is 2. The van der Waals surface area contributed by atoms with Gasteiger partial charge < -0.3 is 45.2 Å². The van der Waals surface area contributed by atoms with Gasteiger partial charge in [-0.25, -0.2) is 0 Å². The van der Waals surface area contributed by atoms with Crippen molar-refractivity contribution in [1.82, 2.24) is 0 Å². The highest BCUT2D eigenvalue weighted by molar-refractivity contribution is 5.79. The summed E-state index contributed by atoms with van der Waals surface area (Å²) in [6.07, 6.45) is -1.65. The topological polar surface area (TPSA) is 177 Å². The number of allylic oxidation sites excluding steroid dienone is 1. The van der Waals surface area contributed by atoms with Crippen molar-refractivity contribution in [2.24, 2.45) is 50.7 Å². The zero-order chi connectivity index (χ0) is 34.0. The molecule has 11 unspecified atom stereocenters. The van der Waals surface area contributed by atoms with E-state index in [0.717, 1.165) is 24.8 Å². The van der Waals surface area contributed by atoms with Gasteiger partial charge in [-0.3, -0.25) is 4.79 Å². The molecule has 0 bridgehead atoms. The number of rotatable bonds is 3. The van der Waals surface area contributed by atoms with Crippen LogP contribution in [0.1, 0.15) is 99.8 Å². The second-order valence-corrected chi connectivity index (χ2v) is 17.7. The number of hydrogen-bond acceptors (Lipinski definition) is 10. The number of aliphatic hydroxyl groups excluding tert-OH is 6. The molecule has 10 heteroatoms. The van der Waals surface area contributed by atoms with Crippen molar-refractivity contribution >= 4 is 5.97 Å². The fourth-order valence-electron chi connectivity index (χ4n) is 12.4. The lowest BCUT2D eigenvalue weighted by molar-refractivity contribution is -0.299. The molecule has 16 atom stereocenters. The molecule has 6 aliphatic rings. The fraction of sp³-hybridized carbons (Fsp3) is 0.917. The van der Waals surface area contributed by atoms with E-state index >= 15 is 0 Å². The van der Waals surface area contributed by atoms with Gasteiger partial charge in [0.25, 0.3) is 0 Å². The van der Waals surface area contributed by atoms with E-state index in [4.69, 9.17) is 9.47 Å². The van der Waals surface area contributed by atoms with Crippen LogP contribution in [-0.2, 0) is 14.3 Å². The van der Waals surface area contributed by atoms with Crippen LogP contribution in [0.5, 0.6) is 0 Å². The first kappa shape index (κ1) is 34.7. The second-order valence-electron chi connectivity index (χ2n) is 17.7. The predicted molar refractivity (Wildman–Crippen MR) is 168 cm³/mol. The third kappa shape index (κ3) is 4.39. The fourth-order valence-corrected chi connectivity index (χ4v) is 12.4. The minimum absolute atomic E-state index is 0.0940. The molecule has 5 fully saturated rings. The maximum absolute atomic E-state index is 14.5. The Balaban J connectivity index is 1.39. The third-order valence-corrected chi connectivity index (χ3v) is 15.5. The molecule has 1 aliphatic heterocycles. The van der Waals surface area contributed by atoms with Crippen molar-refractivity contribution in [3.63, 3.8) is 0 Å². The smallest absolute Gasteiger partial charge is 0.315 e. The summed E-state index contributed by atoms with van der Waals surface area (Å²) in [6, 6.07) is 0. The third-order valence-electron chi connectivity index (χ3n) is 15.5. The lowest BCUT2D eigenvalue weighted by Gasteiger charge is -2.72. The highest BCUT2D eigenvalue weighted by atomic mass is 16.7. The van der Waals surface area contributed by atoms with Gasteiger partial charge in [0.05, 0.1) is 29.8 Å². The number of esters is 1. The van der Waals surface area contributed by atoms with Gasteiger partial charge >= 0.3 is 5.97 Å². The van der Waals surface area contributed by atoms with E-state index < -0.39 is 77.8 Å². The molecular formula is C36H58O10. The molecule has 0 spiro atoms. The largest absolute Gasteiger partial charge is 0.432 e. The molecule has 5 aliphatic carbocycles. The van der Waals surface area contributed by atoms with Crippen molar-refractivity contribution < 1.29 is 50.0 Å². The summed E-state index contributed by atoms with van der Waals surface area (Å²) in [5.74, 6) is -0.787. The first-order valence-corrected chi connectivity index (χ1v) is 17.5. The van der Waals surface area contributed by atoms with E-state index in [1.54, 1.807) is 0 Å². The summed E-state index contributed by atoms with van der Waals surface area (Å²) in [7, 11) is 0. The molecule has 10 nitrogen and oxygen atoms in total. The minimum atomic E-state index is -1.70. The average molecular weight is 651 g/mol. The molecule has 0 radical (unpaired) electrons. The minimum Gasteiger partial charge on any atom is -0.432 e. The van der Waals surface area contributed by atoms with Crippen molar-refractivity contribution in [1.29, 1.82) is 0 Å². The Bertz CT molecular complexity index is 1250. The normalized spacial score (nSPS) is 56.4. The van der Waals surface area contributed by atoms with Crippen molar-refractivity contribution in [2.75, 3.05) is 6.61 Å². The molecule has 262 valence electrons. The van der Waals surface area contributed by atoms with Gasteiger partial charge in [0, 0.05) is 5.92 Å². The van der Waals surface area contributed by atoms with Crippen LogP contribution in [0.3, 0.4) is 0 Å². The number of fused-ring (bicyclic) bond motifs is 7. The summed E-state index contributed by atoms with van der Waals surface area (Å²) in [5, 5.41) is 75.6. The Kier molecular flexibility index (Phi) is 8.27. The van der Waals surface area contributed by atoms with Gasteiger partial charge in [-0.05, 0) is 97.7 Å². The number of hydrogen-bond donors (Lipinski definition) is 7. The Morgan fingerprint density at radius 2 is 1.59 bits per heavy atom. The van der Waals surface area contributed by atoms with Crippen LogP contribution in [0, 0.1) is 50.7 Å². The van der Waals surface area contributed by atoms with Crippen molar-refractivity contribution in [3.05, 3.63) is 11.6 Å². The summed E-state index contributed by atoms with van der Waals surface area (Å²) in [4.78, 5) is 14.5. The van der Waals surface area contributed by atoms with Crippen LogP contribution in [0.25, 0.3) is 0 Å². The molecule has 46 heavy (non-hydrogen) atoms. The van der Waals surface area contributed by atoms with Gasteiger partial charge in [0.15, 0.2) is 0 Å². The SMILES string of the molecule is CC1CC[C@]2(C(=O)OC3OC(CO)C(O)C(O)C3O)CC[C@]3(C)C(=CCC4[C@@]5(C)CC(O)C(O)C(C)(C)C5CC[C@]43C)C2[C@]1(C)O. The average Bonchev–Trinajstić information content (AvgIpc) is 2.98. The van der Waals surface area contributed by atoms with Crippen LogP contribution < -0.4 is 0 Å². The van der Waals surface area contributed by atoms with Crippen LogP contribution >= 0.6 is 0 Å². The van der Waals surface area contributed by atoms with Crippen LogP contribution in [0.4, 0.5) is 0 Å². The first-order valence-electron chi connectivity index (χ1n) is 17.5. The molecule has 4 saturated carbocycles. The quantitative estimate of drug-likeness (QED) is 0.177. The van der Waals surface area contributed by atoms with Crippen molar-refractivity contribution in [2.45, 2.75) is 148 Å². The van der Waals surface area contributed by atoms with E-state index in [0.29, 0.717) is 32.1 Å². The predicted octanol–water partition coefficient (Wildman–Crippen LogP) is 2.43. The molecular weight excluding hydrogens is 592 g/mol. The number of carbonyl (C=O) groups excluding carboxylic acids is 1. The Hall–Kier alpha value is -1.11. The Morgan fingerprint density at radius 1 is 0.913 bits per heavy atom. The zero-order valence-electron chi connectivity index (χ0n) is 28.6. The number of carbonyl (C=O) groups is 1. The lowest BCUT2D eigenvalue weighted by atomic mass is 9.33. The Morgan fingerprint density at radius 3 is 2.24 bits per heavy atom. The van der Waals surface area contributed by atoms with Crippen LogP contribution in [-0.4, -0.2) is 96.8 Å². The standard InChI is InChI=1S/C36H58O10/c1-18-10-13-36(30(43)46-29-26(41)25(40)24(39)21(17-37)45-29)15-14-33(5)19(27(36)35(18,7)44)8-9-23-32(4)16-20(38)28(42)31(2,3)22(32)11-12-34(23,33)6/h8,18,20-29,37-42,44H,9-17H2,1-7H3/t18?,20?,21?,22?,23?,24?,25?,26?,27?,28?,29?,32-,33+,34+,35+,36-/m0/s1. The molecule has 7 N–H and O–H groups in total. The van der Waals surface area contributed by atoms with Crippen LogP contribution in [0.2, 0.25) is 0 Å². The summed E-state index contributed by atoms with van der Waals surface area (Å²) in [6.45, 7) is 14.4. The lowest BCUT2D eigenvalue weighted by Crippen LogP contribution is -2.69. The molecule has 0 aromatic rings. The van der Waals surface area contributed by atoms with Gasteiger partial charge in [-0.1, -0.05) is 53.2 Å². The van der Waals surface area contributed by atoms with E-state index in [9.17, 15) is 40.5 Å². The molecule has 0 amide bonds. The molecule has 1 saturated heterocycles. The highest BCUT2D eigenvalue weighted by Crippen LogP contribution is 2.76. The Labute approximate surface area is 273 Å². The zero-order valence-corrected chi connectivity index (χ0v) is 28.6. The molecule has 0 aromatic heterocycles. The second kappa shape index (κ2) is 10.9. The highest BCUT2D eigenvalue weighted by Gasteiger charge is 2.72. The van der Waals surface area contributed by atoms with E-state index in [1.165, 1.54) is 0 Å².